The van der Waals surface area contributed by atoms with Crippen LogP contribution in [0.15, 0.2) is 72.8 Å². The van der Waals surface area contributed by atoms with Gasteiger partial charge in [0.15, 0.2) is 11.5 Å². The van der Waals surface area contributed by atoms with Gasteiger partial charge in [0.1, 0.15) is 12.4 Å². The van der Waals surface area contributed by atoms with E-state index in [0.29, 0.717) is 30.2 Å². The van der Waals surface area contributed by atoms with Crippen LogP contribution in [0.25, 0.3) is 0 Å². The Morgan fingerprint density at radius 1 is 0.926 bits per heavy atom. The van der Waals surface area contributed by atoms with Crippen LogP contribution >= 0.6 is 0 Å². The molecule has 0 fully saturated rings. The Morgan fingerprint density at radius 2 is 1.67 bits per heavy atom. The normalized spacial score (nSPS) is 10.3. The summed E-state index contributed by atoms with van der Waals surface area (Å²) in [6.07, 6.45) is 0. The van der Waals surface area contributed by atoms with Crippen molar-refractivity contribution >= 4 is 11.5 Å². The molecule has 0 bridgehead atoms. The Labute approximate surface area is 159 Å². The fraction of sp³-hybridized carbons (Fsp3) is 0.136. The van der Waals surface area contributed by atoms with Crippen LogP contribution in [0.4, 0.5) is 5.69 Å². The molecular weight excluding hydrogens is 338 g/mol. The van der Waals surface area contributed by atoms with Gasteiger partial charge >= 0.3 is 0 Å². The molecule has 27 heavy (non-hydrogen) atoms. The van der Waals surface area contributed by atoms with E-state index in [0.717, 1.165) is 16.8 Å². The molecular formula is C22H23N3O2. The van der Waals surface area contributed by atoms with Gasteiger partial charge in [0, 0.05) is 17.8 Å². The number of hydrogen-bond donors (Lipinski definition) is 3. The molecule has 0 aliphatic rings. The molecule has 3 aromatic carbocycles. The van der Waals surface area contributed by atoms with E-state index in [1.165, 1.54) is 0 Å². The Balaban J connectivity index is 1.68. The number of hydrogen-bond acceptors (Lipinski definition) is 4. The maximum atomic E-state index is 7.67. The van der Waals surface area contributed by atoms with Crippen molar-refractivity contribution in [1.29, 1.82) is 5.41 Å². The first-order valence-corrected chi connectivity index (χ1v) is 8.68. The van der Waals surface area contributed by atoms with E-state index in [9.17, 15) is 0 Å². The summed E-state index contributed by atoms with van der Waals surface area (Å²) in [6.45, 7) is 1.07. The zero-order valence-electron chi connectivity index (χ0n) is 15.2. The Kier molecular flexibility index (Phi) is 5.94. The maximum Gasteiger partial charge on any atom is 0.161 e. The van der Waals surface area contributed by atoms with E-state index >= 15 is 0 Å². The standard InChI is InChI=1S/C22H23N3O2/c1-26-21-13-17(14-25-19-10-6-5-9-18(19)22(23)24)11-12-20(21)27-15-16-7-3-2-4-8-16/h2-13,25H,14-15H2,1H3,(H3,23,24). The van der Waals surface area contributed by atoms with E-state index in [4.69, 9.17) is 20.6 Å². The van der Waals surface area contributed by atoms with Gasteiger partial charge in [0.05, 0.1) is 7.11 Å². The number of amidine groups is 1. The molecule has 5 nitrogen and oxygen atoms in total. The molecule has 4 N–H and O–H groups in total. The average molecular weight is 361 g/mol. The van der Waals surface area contributed by atoms with Crippen molar-refractivity contribution in [3.05, 3.63) is 89.5 Å². The smallest absolute Gasteiger partial charge is 0.161 e. The van der Waals surface area contributed by atoms with Crippen molar-refractivity contribution in [2.75, 3.05) is 12.4 Å². The van der Waals surface area contributed by atoms with Crippen molar-refractivity contribution in [3.63, 3.8) is 0 Å². The first-order chi connectivity index (χ1) is 13.2. The van der Waals surface area contributed by atoms with E-state index in [1.54, 1.807) is 7.11 Å². The van der Waals surface area contributed by atoms with Crippen LogP contribution in [-0.2, 0) is 13.2 Å². The third kappa shape index (κ3) is 4.79. The molecule has 0 aromatic heterocycles. The molecule has 3 aromatic rings. The summed E-state index contributed by atoms with van der Waals surface area (Å²) in [5.41, 5.74) is 9.29. The maximum absolute atomic E-state index is 7.67. The number of anilines is 1. The van der Waals surface area contributed by atoms with Gasteiger partial charge in [0.25, 0.3) is 0 Å². The highest BCUT2D eigenvalue weighted by atomic mass is 16.5. The molecule has 0 saturated carbocycles. The SMILES string of the molecule is COc1cc(CNc2ccccc2C(=N)N)ccc1OCc1ccccc1. The van der Waals surface area contributed by atoms with E-state index in [1.807, 2.05) is 72.8 Å². The van der Waals surface area contributed by atoms with Gasteiger partial charge in [-0.2, -0.15) is 0 Å². The lowest BCUT2D eigenvalue weighted by molar-refractivity contribution is 0.284. The van der Waals surface area contributed by atoms with Crippen LogP contribution in [-0.4, -0.2) is 12.9 Å². The van der Waals surface area contributed by atoms with Crippen molar-refractivity contribution in [2.24, 2.45) is 5.73 Å². The molecule has 0 spiro atoms. The minimum Gasteiger partial charge on any atom is -0.493 e. The number of nitrogens with two attached hydrogens (primary N) is 1. The third-order valence-corrected chi connectivity index (χ3v) is 4.17. The van der Waals surface area contributed by atoms with Gasteiger partial charge in [-0.15, -0.1) is 0 Å². The number of methoxy groups -OCH3 is 1. The summed E-state index contributed by atoms with van der Waals surface area (Å²) in [4.78, 5) is 0. The second kappa shape index (κ2) is 8.76. The van der Waals surface area contributed by atoms with Gasteiger partial charge < -0.3 is 20.5 Å². The molecule has 0 aliphatic carbocycles. The number of para-hydroxylation sites is 1. The van der Waals surface area contributed by atoms with Crippen LogP contribution in [0.1, 0.15) is 16.7 Å². The molecule has 0 heterocycles. The molecule has 138 valence electrons. The average Bonchev–Trinajstić information content (AvgIpc) is 2.71. The number of nitrogens with one attached hydrogen (secondary N) is 2. The Hall–Kier alpha value is -3.47. The second-order valence-electron chi connectivity index (χ2n) is 6.07. The highest BCUT2D eigenvalue weighted by molar-refractivity contribution is 6.00. The highest BCUT2D eigenvalue weighted by Crippen LogP contribution is 2.29. The van der Waals surface area contributed by atoms with Crippen molar-refractivity contribution in [2.45, 2.75) is 13.2 Å². The molecule has 3 rings (SSSR count). The number of nitrogen functional groups attached to an aromatic ring is 1. The summed E-state index contributed by atoms with van der Waals surface area (Å²) in [6, 6.07) is 23.4. The van der Waals surface area contributed by atoms with Gasteiger partial charge in [-0.05, 0) is 35.4 Å². The molecule has 0 atom stereocenters. The summed E-state index contributed by atoms with van der Waals surface area (Å²) in [5, 5.41) is 11.0. The number of benzene rings is 3. The number of rotatable bonds is 8. The lowest BCUT2D eigenvalue weighted by atomic mass is 10.1. The first-order valence-electron chi connectivity index (χ1n) is 8.68. The second-order valence-corrected chi connectivity index (χ2v) is 6.07. The summed E-state index contributed by atoms with van der Waals surface area (Å²) >= 11 is 0. The van der Waals surface area contributed by atoms with Crippen LogP contribution in [0, 0.1) is 5.41 Å². The van der Waals surface area contributed by atoms with Crippen molar-refractivity contribution in [1.82, 2.24) is 0 Å². The Morgan fingerprint density at radius 3 is 2.41 bits per heavy atom. The third-order valence-electron chi connectivity index (χ3n) is 4.17. The van der Waals surface area contributed by atoms with Crippen molar-refractivity contribution < 1.29 is 9.47 Å². The van der Waals surface area contributed by atoms with Gasteiger partial charge in [-0.25, -0.2) is 0 Å². The summed E-state index contributed by atoms with van der Waals surface area (Å²) < 4.78 is 11.4. The molecule has 0 aliphatic heterocycles. The zero-order chi connectivity index (χ0) is 19.1. The van der Waals surface area contributed by atoms with Crippen molar-refractivity contribution in [3.8, 4) is 11.5 Å². The Bertz CT molecular complexity index is 910. The first kappa shape index (κ1) is 18.3. The predicted octanol–water partition coefficient (Wildman–Crippen LogP) is 4.17. The lowest BCUT2D eigenvalue weighted by Crippen LogP contribution is -2.14. The minimum atomic E-state index is 0.0420. The lowest BCUT2D eigenvalue weighted by Gasteiger charge is -2.14. The van der Waals surface area contributed by atoms with E-state index < -0.39 is 0 Å². The van der Waals surface area contributed by atoms with Crippen LogP contribution < -0.4 is 20.5 Å². The van der Waals surface area contributed by atoms with Crippen LogP contribution in [0.2, 0.25) is 0 Å². The molecule has 0 saturated heterocycles. The topological polar surface area (TPSA) is 80.4 Å². The van der Waals surface area contributed by atoms with Gasteiger partial charge in [0.2, 0.25) is 0 Å². The summed E-state index contributed by atoms with van der Waals surface area (Å²) in [7, 11) is 1.63. The fourth-order valence-electron chi connectivity index (χ4n) is 2.75. The monoisotopic (exact) mass is 361 g/mol. The fourth-order valence-corrected chi connectivity index (χ4v) is 2.75. The minimum absolute atomic E-state index is 0.0420. The largest absolute Gasteiger partial charge is 0.493 e. The molecule has 0 radical (unpaired) electrons. The molecule has 0 amide bonds. The van der Waals surface area contributed by atoms with E-state index in [-0.39, 0.29) is 5.84 Å². The highest BCUT2D eigenvalue weighted by Gasteiger charge is 2.08. The van der Waals surface area contributed by atoms with Gasteiger partial charge in [-0.1, -0.05) is 48.5 Å². The quantitative estimate of drug-likeness (QED) is 0.415. The molecule has 5 heteroatoms. The predicted molar refractivity (Wildman–Crippen MR) is 109 cm³/mol. The van der Waals surface area contributed by atoms with E-state index in [2.05, 4.69) is 5.32 Å². The van der Waals surface area contributed by atoms with Crippen LogP contribution in [0.5, 0.6) is 11.5 Å². The molecule has 0 unspecified atom stereocenters. The van der Waals surface area contributed by atoms with Crippen LogP contribution in [0.3, 0.4) is 0 Å². The zero-order valence-corrected chi connectivity index (χ0v) is 15.2. The number of ether oxygens (including phenoxy) is 2. The summed E-state index contributed by atoms with van der Waals surface area (Å²) in [5.74, 6) is 1.43. The van der Waals surface area contributed by atoms with Gasteiger partial charge in [-0.3, -0.25) is 5.41 Å².